The van der Waals surface area contributed by atoms with Crippen LogP contribution in [0.3, 0.4) is 0 Å². The van der Waals surface area contributed by atoms with Crippen molar-refractivity contribution in [3.63, 3.8) is 0 Å². The number of rotatable bonds is 5. The summed E-state index contributed by atoms with van der Waals surface area (Å²) in [6, 6.07) is 1.24. The zero-order valence-corrected chi connectivity index (χ0v) is 15.3. The van der Waals surface area contributed by atoms with E-state index in [4.69, 9.17) is 0 Å². The van der Waals surface area contributed by atoms with Crippen molar-refractivity contribution in [2.24, 2.45) is 0 Å². The highest BCUT2D eigenvalue weighted by molar-refractivity contribution is 8.29. The molecular weight excluding hydrogens is 311 g/mol. The minimum absolute atomic E-state index is 0.483. The average Bonchev–Trinajstić information content (AvgIpc) is 2.33. The summed E-state index contributed by atoms with van der Waals surface area (Å²) in [6.45, 7) is 13.2. The quantitative estimate of drug-likeness (QED) is 0.580. The molecule has 6 heteroatoms. The van der Waals surface area contributed by atoms with Gasteiger partial charge in [0.1, 0.15) is 7.22 Å². The zero-order valence-electron chi connectivity index (χ0n) is 13.5. The Morgan fingerprint density at radius 2 is 1.43 bits per heavy atom. The van der Waals surface area contributed by atoms with E-state index in [1.165, 1.54) is 6.07 Å². The first-order valence-corrected chi connectivity index (χ1v) is 11.0. The molecule has 0 aliphatic carbocycles. The minimum atomic E-state index is -4.33. The molecule has 0 fully saturated rings. The Morgan fingerprint density at radius 3 is 1.81 bits per heavy atom. The first-order valence-electron chi connectivity index (χ1n) is 7.23. The number of hydrogen-bond donors (Lipinski definition) is 0. The lowest BCUT2D eigenvalue weighted by atomic mass is 10.3. The van der Waals surface area contributed by atoms with Gasteiger partial charge in [-0.3, -0.25) is 4.98 Å². The number of halogens is 3. The van der Waals surface area contributed by atoms with Gasteiger partial charge in [0.05, 0.1) is 5.56 Å². The first-order chi connectivity index (χ1) is 9.51. The molecule has 0 N–H and O–H groups in total. The van der Waals surface area contributed by atoms with Gasteiger partial charge in [-0.05, 0) is 22.7 Å². The van der Waals surface area contributed by atoms with Crippen molar-refractivity contribution in [3.8, 4) is 0 Å². The fraction of sp³-hybridized carbons (Fsp3) is 0.667. The van der Waals surface area contributed by atoms with E-state index in [2.05, 4.69) is 46.5 Å². The van der Waals surface area contributed by atoms with Crippen molar-refractivity contribution in [3.05, 3.63) is 24.0 Å². The Kier molecular flexibility index (Phi) is 5.95. The van der Waals surface area contributed by atoms with Crippen LogP contribution in [0.15, 0.2) is 23.4 Å². The second-order valence-electron chi connectivity index (χ2n) is 6.33. The number of nitrogens with zero attached hydrogens (tertiary/aromatic N) is 1. The Morgan fingerprint density at radius 1 is 0.952 bits per heavy atom. The van der Waals surface area contributed by atoms with Crippen molar-refractivity contribution in [1.29, 1.82) is 0 Å². The van der Waals surface area contributed by atoms with Crippen molar-refractivity contribution in [1.82, 2.24) is 4.98 Å². The molecule has 0 radical (unpaired) electrons. The molecular formula is C15H24F3NSSi. The lowest BCUT2D eigenvalue weighted by Gasteiger charge is -2.42. The summed E-state index contributed by atoms with van der Waals surface area (Å²) in [4.78, 5) is 4.44. The van der Waals surface area contributed by atoms with Crippen molar-refractivity contribution < 1.29 is 13.2 Å². The number of alkyl halides is 3. The van der Waals surface area contributed by atoms with Crippen LogP contribution in [0.5, 0.6) is 0 Å². The summed E-state index contributed by atoms with van der Waals surface area (Å²) >= 11 is 1.67. The standard InChI is InChI=1S/C15H24F3NSSi/c1-10(2)21(11(3)4,12(5)6)20-14-7-13(8-19-9-14)15(16,17)18/h7-12H,1-6H3. The van der Waals surface area contributed by atoms with Crippen LogP contribution < -0.4 is 0 Å². The summed E-state index contributed by atoms with van der Waals surface area (Å²) in [5.41, 5.74) is 0.790. The maximum absolute atomic E-state index is 12.8. The summed E-state index contributed by atoms with van der Waals surface area (Å²) in [5.74, 6) is 0. The van der Waals surface area contributed by atoms with Crippen LogP contribution >= 0.6 is 11.2 Å². The molecule has 0 aromatic carbocycles. The van der Waals surface area contributed by atoms with Gasteiger partial charge in [0.15, 0.2) is 0 Å². The van der Waals surface area contributed by atoms with Crippen molar-refractivity contribution in [2.45, 2.75) is 69.2 Å². The normalized spacial score (nSPS) is 13.5. The third-order valence-electron chi connectivity index (χ3n) is 4.04. The molecule has 21 heavy (non-hydrogen) atoms. The molecule has 0 amide bonds. The third-order valence-corrected chi connectivity index (χ3v) is 16.3. The van der Waals surface area contributed by atoms with Gasteiger partial charge in [-0.1, -0.05) is 41.5 Å². The second kappa shape index (κ2) is 6.73. The van der Waals surface area contributed by atoms with Gasteiger partial charge in [-0.15, -0.1) is 11.2 Å². The van der Waals surface area contributed by atoms with E-state index in [0.29, 0.717) is 21.5 Å². The van der Waals surface area contributed by atoms with Gasteiger partial charge in [-0.2, -0.15) is 13.2 Å². The molecule has 0 bridgehead atoms. The predicted octanol–water partition coefficient (Wildman–Crippen LogP) is 6.37. The van der Waals surface area contributed by atoms with Crippen LogP contribution in [-0.4, -0.2) is 12.2 Å². The molecule has 1 heterocycles. The molecule has 0 spiro atoms. The van der Waals surface area contributed by atoms with Crippen LogP contribution in [0, 0.1) is 0 Å². The van der Waals surface area contributed by atoms with Gasteiger partial charge >= 0.3 is 6.18 Å². The van der Waals surface area contributed by atoms with Gasteiger partial charge in [-0.25, -0.2) is 0 Å². The van der Waals surface area contributed by atoms with Gasteiger partial charge in [0.2, 0.25) is 0 Å². The Hall–Kier alpha value is -0.493. The Balaban J connectivity index is 3.22. The van der Waals surface area contributed by atoms with E-state index in [0.717, 1.165) is 6.20 Å². The van der Waals surface area contributed by atoms with Gasteiger partial charge < -0.3 is 0 Å². The summed E-state index contributed by atoms with van der Waals surface area (Å²) in [5, 5.41) is 0. The average molecular weight is 336 g/mol. The van der Waals surface area contributed by atoms with Crippen LogP contribution in [0.25, 0.3) is 0 Å². The molecule has 0 unspecified atom stereocenters. The molecule has 0 aliphatic rings. The predicted molar refractivity (Wildman–Crippen MR) is 86.1 cm³/mol. The molecule has 1 rings (SSSR count). The van der Waals surface area contributed by atoms with Crippen LogP contribution in [0.4, 0.5) is 13.2 Å². The topological polar surface area (TPSA) is 12.9 Å². The number of aromatic nitrogens is 1. The number of hydrogen-bond acceptors (Lipinski definition) is 2. The van der Waals surface area contributed by atoms with Crippen LogP contribution in [-0.2, 0) is 6.18 Å². The first kappa shape index (κ1) is 18.6. The lowest BCUT2D eigenvalue weighted by Crippen LogP contribution is -2.41. The second-order valence-corrected chi connectivity index (χ2v) is 14.9. The highest BCUT2D eigenvalue weighted by atomic mass is 32.4. The molecule has 0 saturated heterocycles. The molecule has 1 aromatic heterocycles. The monoisotopic (exact) mass is 335 g/mol. The third kappa shape index (κ3) is 4.03. The molecule has 0 atom stereocenters. The highest BCUT2D eigenvalue weighted by Gasteiger charge is 2.44. The van der Waals surface area contributed by atoms with Gasteiger partial charge in [0.25, 0.3) is 0 Å². The van der Waals surface area contributed by atoms with E-state index in [1.54, 1.807) is 17.4 Å². The molecule has 120 valence electrons. The van der Waals surface area contributed by atoms with Crippen LogP contribution in [0.2, 0.25) is 16.6 Å². The van der Waals surface area contributed by atoms with E-state index in [1.807, 2.05) is 0 Å². The largest absolute Gasteiger partial charge is 0.417 e. The van der Waals surface area contributed by atoms with Crippen LogP contribution in [0.1, 0.15) is 47.1 Å². The number of pyridine rings is 1. The van der Waals surface area contributed by atoms with Crippen molar-refractivity contribution >= 4 is 18.4 Å². The molecule has 1 nitrogen and oxygen atoms in total. The van der Waals surface area contributed by atoms with E-state index in [9.17, 15) is 13.2 Å². The maximum atomic E-state index is 12.8. The maximum Gasteiger partial charge on any atom is 0.417 e. The minimum Gasteiger partial charge on any atom is -0.263 e. The summed E-state index contributed by atoms with van der Waals surface area (Å²) < 4.78 is 38.5. The summed E-state index contributed by atoms with van der Waals surface area (Å²) in [6.07, 6.45) is -1.87. The lowest BCUT2D eigenvalue weighted by molar-refractivity contribution is -0.138. The summed E-state index contributed by atoms with van der Waals surface area (Å²) in [7, 11) is -1.84. The van der Waals surface area contributed by atoms with Crippen molar-refractivity contribution in [2.75, 3.05) is 0 Å². The SMILES string of the molecule is CC(C)[Si](Sc1cncc(C(F)(F)F)c1)(C(C)C)C(C)C. The molecule has 1 aromatic rings. The van der Waals surface area contributed by atoms with E-state index < -0.39 is 19.0 Å². The fourth-order valence-electron chi connectivity index (χ4n) is 3.19. The molecule has 0 aliphatic heterocycles. The highest BCUT2D eigenvalue weighted by Crippen LogP contribution is 2.52. The molecule has 0 saturated carbocycles. The Bertz CT molecular complexity index is 450. The Labute approximate surface area is 130 Å². The van der Waals surface area contributed by atoms with E-state index >= 15 is 0 Å². The zero-order chi connectivity index (χ0) is 16.4. The van der Waals surface area contributed by atoms with E-state index in [-0.39, 0.29) is 0 Å². The fourth-order valence-corrected chi connectivity index (χ4v) is 12.3. The van der Waals surface area contributed by atoms with Gasteiger partial charge in [0, 0.05) is 17.3 Å². The smallest absolute Gasteiger partial charge is 0.263 e.